The van der Waals surface area contributed by atoms with Gasteiger partial charge >= 0.3 is 0 Å². The molecule has 0 spiro atoms. The van der Waals surface area contributed by atoms with Crippen molar-refractivity contribution < 1.29 is 0 Å². The van der Waals surface area contributed by atoms with Gasteiger partial charge in [-0.15, -0.1) is 0 Å². The third-order valence-corrected chi connectivity index (χ3v) is 1.79. The molecule has 0 radical (unpaired) electrons. The Labute approximate surface area is 88.7 Å². The SMILES string of the molecule is C/C=C/C/C=C/CC/C=C/C=C/CC. The molecule has 0 fully saturated rings. The largest absolute Gasteiger partial charge is 0.0914 e. The van der Waals surface area contributed by atoms with E-state index in [2.05, 4.69) is 62.5 Å². The molecule has 0 aromatic carbocycles. The van der Waals surface area contributed by atoms with Crippen LogP contribution in [0.3, 0.4) is 0 Å². The van der Waals surface area contributed by atoms with Crippen molar-refractivity contribution in [2.45, 2.75) is 39.5 Å². The summed E-state index contributed by atoms with van der Waals surface area (Å²) in [4.78, 5) is 0. The first-order valence-electron chi connectivity index (χ1n) is 5.49. The predicted molar refractivity (Wildman–Crippen MR) is 66.4 cm³/mol. The van der Waals surface area contributed by atoms with Gasteiger partial charge in [-0.05, 0) is 32.6 Å². The van der Waals surface area contributed by atoms with Gasteiger partial charge in [-0.25, -0.2) is 0 Å². The normalized spacial score (nSPS) is 13.0. The lowest BCUT2D eigenvalue weighted by molar-refractivity contribution is 1.04. The molecule has 0 aromatic heterocycles. The van der Waals surface area contributed by atoms with Gasteiger partial charge in [-0.1, -0.05) is 55.5 Å². The minimum Gasteiger partial charge on any atom is -0.0914 e. The highest BCUT2D eigenvalue weighted by molar-refractivity contribution is 5.02. The first kappa shape index (κ1) is 13.0. The quantitative estimate of drug-likeness (QED) is 0.307. The van der Waals surface area contributed by atoms with Crippen molar-refractivity contribution in [1.29, 1.82) is 0 Å². The lowest BCUT2D eigenvalue weighted by Gasteiger charge is -1.85. The van der Waals surface area contributed by atoms with Gasteiger partial charge in [-0.3, -0.25) is 0 Å². The van der Waals surface area contributed by atoms with Gasteiger partial charge in [0.05, 0.1) is 0 Å². The monoisotopic (exact) mass is 190 g/mol. The molecule has 78 valence electrons. The molecule has 0 unspecified atom stereocenters. The summed E-state index contributed by atoms with van der Waals surface area (Å²) in [5, 5.41) is 0. The van der Waals surface area contributed by atoms with E-state index >= 15 is 0 Å². The van der Waals surface area contributed by atoms with E-state index in [4.69, 9.17) is 0 Å². The summed E-state index contributed by atoms with van der Waals surface area (Å²) < 4.78 is 0. The maximum Gasteiger partial charge on any atom is -0.0169 e. The van der Waals surface area contributed by atoms with E-state index in [1.807, 2.05) is 0 Å². The number of hydrogen-bond donors (Lipinski definition) is 0. The average Bonchev–Trinajstić information content (AvgIpc) is 2.21. The Balaban J connectivity index is 3.32. The number of allylic oxidation sites excluding steroid dienone is 8. The molecule has 0 aliphatic rings. The molecule has 0 nitrogen and oxygen atoms in total. The Hall–Kier alpha value is -1.04. The Morgan fingerprint density at radius 1 is 0.786 bits per heavy atom. The zero-order valence-corrected chi connectivity index (χ0v) is 9.45. The van der Waals surface area contributed by atoms with Crippen LogP contribution >= 0.6 is 0 Å². The van der Waals surface area contributed by atoms with E-state index < -0.39 is 0 Å². The maximum absolute atomic E-state index is 2.24. The van der Waals surface area contributed by atoms with Crippen LogP contribution in [-0.4, -0.2) is 0 Å². The molecule has 0 aliphatic heterocycles. The van der Waals surface area contributed by atoms with Crippen LogP contribution in [0.2, 0.25) is 0 Å². The van der Waals surface area contributed by atoms with E-state index in [0.29, 0.717) is 0 Å². The topological polar surface area (TPSA) is 0 Å². The fourth-order valence-corrected chi connectivity index (χ4v) is 1.01. The van der Waals surface area contributed by atoms with Crippen LogP contribution in [-0.2, 0) is 0 Å². The summed E-state index contributed by atoms with van der Waals surface area (Å²) in [6.45, 7) is 4.20. The van der Waals surface area contributed by atoms with Crippen molar-refractivity contribution in [3.8, 4) is 0 Å². The summed E-state index contributed by atoms with van der Waals surface area (Å²) in [5.41, 5.74) is 0. The molecular formula is C14H22. The zero-order chi connectivity index (χ0) is 10.5. The smallest absolute Gasteiger partial charge is 0.0169 e. The van der Waals surface area contributed by atoms with Crippen LogP contribution in [0.5, 0.6) is 0 Å². The Morgan fingerprint density at radius 3 is 2.21 bits per heavy atom. The third kappa shape index (κ3) is 11.0. The summed E-state index contributed by atoms with van der Waals surface area (Å²) in [5.74, 6) is 0. The Morgan fingerprint density at radius 2 is 1.50 bits per heavy atom. The van der Waals surface area contributed by atoms with Gasteiger partial charge in [0.2, 0.25) is 0 Å². The highest BCUT2D eigenvalue weighted by atomic mass is 13.8. The molecule has 0 heteroatoms. The Bertz CT molecular complexity index is 204. The van der Waals surface area contributed by atoms with Crippen molar-refractivity contribution >= 4 is 0 Å². The molecule has 0 heterocycles. The van der Waals surface area contributed by atoms with Crippen LogP contribution in [0.4, 0.5) is 0 Å². The molecule has 0 saturated heterocycles. The van der Waals surface area contributed by atoms with E-state index in [1.54, 1.807) is 0 Å². The molecule has 0 N–H and O–H groups in total. The van der Waals surface area contributed by atoms with Gasteiger partial charge in [0.15, 0.2) is 0 Å². The molecule has 14 heavy (non-hydrogen) atoms. The van der Waals surface area contributed by atoms with Gasteiger partial charge in [0, 0.05) is 0 Å². The average molecular weight is 190 g/mol. The fraction of sp³-hybridized carbons (Fsp3) is 0.429. The van der Waals surface area contributed by atoms with Gasteiger partial charge in [0.1, 0.15) is 0 Å². The predicted octanol–water partition coefficient (Wildman–Crippen LogP) is 4.81. The highest BCUT2D eigenvalue weighted by Crippen LogP contribution is 1.95. The van der Waals surface area contributed by atoms with Gasteiger partial charge in [-0.2, -0.15) is 0 Å². The first-order valence-corrected chi connectivity index (χ1v) is 5.49. The molecule has 0 rings (SSSR count). The molecular weight excluding hydrogens is 168 g/mol. The highest BCUT2D eigenvalue weighted by Gasteiger charge is 1.75. The van der Waals surface area contributed by atoms with Crippen molar-refractivity contribution in [3.05, 3.63) is 48.6 Å². The molecule has 0 amide bonds. The molecule has 0 atom stereocenters. The molecule has 0 saturated carbocycles. The van der Waals surface area contributed by atoms with E-state index in [1.165, 1.54) is 0 Å². The zero-order valence-electron chi connectivity index (χ0n) is 9.45. The second-order valence-corrected chi connectivity index (χ2v) is 3.12. The molecule has 0 bridgehead atoms. The Kier molecular flexibility index (Phi) is 11.1. The van der Waals surface area contributed by atoms with Crippen LogP contribution in [0.15, 0.2) is 48.6 Å². The first-order chi connectivity index (χ1) is 6.91. The van der Waals surface area contributed by atoms with E-state index in [9.17, 15) is 0 Å². The van der Waals surface area contributed by atoms with Crippen molar-refractivity contribution in [2.24, 2.45) is 0 Å². The second-order valence-electron chi connectivity index (χ2n) is 3.12. The number of unbranched alkanes of at least 4 members (excludes halogenated alkanes) is 1. The van der Waals surface area contributed by atoms with Crippen LogP contribution in [0.1, 0.15) is 39.5 Å². The number of hydrogen-bond acceptors (Lipinski definition) is 0. The van der Waals surface area contributed by atoms with Gasteiger partial charge < -0.3 is 0 Å². The van der Waals surface area contributed by atoms with Crippen LogP contribution in [0, 0.1) is 0 Å². The van der Waals surface area contributed by atoms with E-state index in [-0.39, 0.29) is 0 Å². The minimum atomic E-state index is 1.07. The van der Waals surface area contributed by atoms with Gasteiger partial charge in [0.25, 0.3) is 0 Å². The third-order valence-electron chi connectivity index (χ3n) is 1.79. The fourth-order valence-electron chi connectivity index (χ4n) is 1.01. The second kappa shape index (κ2) is 12.0. The van der Waals surface area contributed by atoms with Crippen LogP contribution in [0.25, 0.3) is 0 Å². The minimum absolute atomic E-state index is 1.07. The number of rotatable bonds is 7. The lowest BCUT2D eigenvalue weighted by Crippen LogP contribution is -1.64. The van der Waals surface area contributed by atoms with Crippen molar-refractivity contribution in [3.63, 3.8) is 0 Å². The molecule has 0 aromatic rings. The summed E-state index contributed by atoms with van der Waals surface area (Å²) in [6.07, 6.45) is 21.8. The van der Waals surface area contributed by atoms with Crippen molar-refractivity contribution in [1.82, 2.24) is 0 Å². The summed E-state index contributed by atoms with van der Waals surface area (Å²) >= 11 is 0. The molecule has 0 aliphatic carbocycles. The summed E-state index contributed by atoms with van der Waals surface area (Å²) in [7, 11) is 0. The lowest BCUT2D eigenvalue weighted by atomic mass is 10.2. The van der Waals surface area contributed by atoms with Crippen LogP contribution < -0.4 is 0 Å². The maximum atomic E-state index is 2.24. The van der Waals surface area contributed by atoms with E-state index in [0.717, 1.165) is 25.7 Å². The van der Waals surface area contributed by atoms with Crippen molar-refractivity contribution in [2.75, 3.05) is 0 Å². The standard InChI is InChI=1S/C14H22/c1-3-5-7-9-11-13-14-12-10-8-6-4-2/h3,5-6,8-12H,4,7,13-14H2,1-2H3/b5-3+,8-6+,11-9+,12-10+. The summed E-state index contributed by atoms with van der Waals surface area (Å²) in [6, 6.07) is 0.